The van der Waals surface area contributed by atoms with E-state index in [1.165, 1.54) is 4.90 Å². The molecule has 0 N–H and O–H groups in total. The fourth-order valence-electron chi connectivity index (χ4n) is 4.11. The van der Waals surface area contributed by atoms with Gasteiger partial charge in [0.25, 0.3) is 5.91 Å². The number of carbonyl (C=O) groups is 1. The van der Waals surface area contributed by atoms with Gasteiger partial charge in [-0.2, -0.15) is 26.3 Å². The van der Waals surface area contributed by atoms with Crippen LogP contribution in [0, 0.1) is 0 Å². The number of amides is 1. The van der Waals surface area contributed by atoms with E-state index in [0.717, 1.165) is 37.1 Å². The van der Waals surface area contributed by atoms with Crippen molar-refractivity contribution in [3.05, 3.63) is 70.3 Å². The molecule has 1 heterocycles. The van der Waals surface area contributed by atoms with Crippen molar-refractivity contribution in [1.82, 2.24) is 9.80 Å². The molecule has 0 aliphatic carbocycles. The number of likely N-dealkylation sites (tertiary alicyclic amines) is 1. The molecule has 0 aromatic heterocycles. The standard InChI is InChI=1S/C26H30F6N2O/c1-24(2,3)20-8-6-18(7-9-20)17-34(13-12-33-10-4-5-11-33)23(35)19-14-21(25(27,28)29)16-22(15-19)26(30,31)32/h6-9,14-16H,4-5,10-13,17H2,1-3H3. The van der Waals surface area contributed by atoms with Crippen LogP contribution in [0.1, 0.15) is 66.2 Å². The van der Waals surface area contributed by atoms with E-state index in [1.807, 2.05) is 24.3 Å². The number of carbonyl (C=O) groups excluding carboxylic acids is 1. The Kier molecular flexibility index (Phi) is 7.89. The Labute approximate surface area is 201 Å². The predicted octanol–water partition coefficient (Wildman–Crippen LogP) is 6.76. The third kappa shape index (κ3) is 7.22. The number of hydrogen-bond acceptors (Lipinski definition) is 2. The summed E-state index contributed by atoms with van der Waals surface area (Å²) in [6.07, 6.45) is -7.99. The second-order valence-corrected chi connectivity index (χ2v) is 10.0. The molecule has 0 radical (unpaired) electrons. The maximum absolute atomic E-state index is 13.3. The number of benzene rings is 2. The molecule has 1 aliphatic rings. The first-order valence-corrected chi connectivity index (χ1v) is 11.5. The van der Waals surface area contributed by atoms with Crippen LogP contribution in [0.4, 0.5) is 26.3 Å². The summed E-state index contributed by atoms with van der Waals surface area (Å²) in [5.41, 5.74) is -1.88. The minimum absolute atomic E-state index is 0.0383. The van der Waals surface area contributed by atoms with Crippen molar-refractivity contribution in [2.24, 2.45) is 0 Å². The Hall–Kier alpha value is -2.55. The van der Waals surface area contributed by atoms with Gasteiger partial charge < -0.3 is 9.80 Å². The van der Waals surface area contributed by atoms with Crippen molar-refractivity contribution in [1.29, 1.82) is 0 Å². The number of hydrogen-bond donors (Lipinski definition) is 0. The monoisotopic (exact) mass is 500 g/mol. The first kappa shape index (κ1) is 27.0. The van der Waals surface area contributed by atoms with Crippen molar-refractivity contribution in [2.75, 3.05) is 26.2 Å². The van der Waals surface area contributed by atoms with Crippen molar-refractivity contribution in [3.8, 4) is 0 Å². The smallest absolute Gasteiger partial charge is 0.333 e. The van der Waals surface area contributed by atoms with Crippen LogP contribution in [-0.4, -0.2) is 41.9 Å². The average Bonchev–Trinajstić information content (AvgIpc) is 3.28. The molecule has 192 valence electrons. The van der Waals surface area contributed by atoms with Crippen molar-refractivity contribution >= 4 is 5.91 Å². The third-order valence-corrected chi connectivity index (χ3v) is 6.20. The van der Waals surface area contributed by atoms with Crippen molar-refractivity contribution < 1.29 is 31.1 Å². The number of nitrogens with zero attached hydrogens (tertiary/aromatic N) is 2. The highest BCUT2D eigenvalue weighted by atomic mass is 19.4. The average molecular weight is 501 g/mol. The molecule has 2 aromatic carbocycles. The van der Waals surface area contributed by atoms with Gasteiger partial charge in [0.05, 0.1) is 11.1 Å². The van der Waals surface area contributed by atoms with E-state index < -0.39 is 35.0 Å². The highest BCUT2D eigenvalue weighted by Gasteiger charge is 2.38. The van der Waals surface area contributed by atoms with Crippen LogP contribution in [0.3, 0.4) is 0 Å². The summed E-state index contributed by atoms with van der Waals surface area (Å²) >= 11 is 0. The number of alkyl halides is 6. The summed E-state index contributed by atoms with van der Waals surface area (Å²) in [6.45, 7) is 8.64. The summed E-state index contributed by atoms with van der Waals surface area (Å²) in [6, 6.07) is 8.56. The molecular formula is C26H30F6N2O. The molecule has 9 heteroatoms. The minimum Gasteiger partial charge on any atom is -0.333 e. The van der Waals surface area contributed by atoms with Crippen LogP contribution in [0.5, 0.6) is 0 Å². The fraction of sp³-hybridized carbons (Fsp3) is 0.500. The lowest BCUT2D eigenvalue weighted by molar-refractivity contribution is -0.143. The number of halogens is 6. The zero-order valence-corrected chi connectivity index (χ0v) is 20.1. The van der Waals surface area contributed by atoms with Crippen LogP contribution < -0.4 is 0 Å². The molecule has 2 aromatic rings. The van der Waals surface area contributed by atoms with E-state index in [-0.39, 0.29) is 24.6 Å². The van der Waals surface area contributed by atoms with E-state index >= 15 is 0 Å². The van der Waals surface area contributed by atoms with E-state index in [9.17, 15) is 31.1 Å². The maximum atomic E-state index is 13.3. The Morgan fingerprint density at radius 2 is 1.34 bits per heavy atom. The summed E-state index contributed by atoms with van der Waals surface area (Å²) in [5, 5.41) is 0. The molecule has 1 saturated heterocycles. The van der Waals surface area contributed by atoms with Gasteiger partial charge >= 0.3 is 12.4 Å². The summed E-state index contributed by atoms with van der Waals surface area (Å²) in [4.78, 5) is 16.8. The molecule has 0 atom stereocenters. The first-order valence-electron chi connectivity index (χ1n) is 11.5. The summed E-state index contributed by atoms with van der Waals surface area (Å²) in [5.74, 6) is -0.860. The molecule has 3 nitrogen and oxygen atoms in total. The molecule has 1 aliphatic heterocycles. The molecule has 0 bridgehead atoms. The summed E-state index contributed by atoms with van der Waals surface area (Å²) < 4.78 is 80.0. The van der Waals surface area contributed by atoms with E-state index in [2.05, 4.69) is 25.7 Å². The highest BCUT2D eigenvalue weighted by molar-refractivity contribution is 5.94. The lowest BCUT2D eigenvalue weighted by atomic mass is 9.87. The molecule has 35 heavy (non-hydrogen) atoms. The topological polar surface area (TPSA) is 23.6 Å². The lowest BCUT2D eigenvalue weighted by Gasteiger charge is -2.27. The molecule has 0 unspecified atom stereocenters. The zero-order valence-electron chi connectivity index (χ0n) is 20.1. The minimum atomic E-state index is -5.01. The largest absolute Gasteiger partial charge is 0.416 e. The predicted molar refractivity (Wildman–Crippen MR) is 122 cm³/mol. The fourth-order valence-corrected chi connectivity index (χ4v) is 4.11. The van der Waals surface area contributed by atoms with Crippen LogP contribution in [-0.2, 0) is 24.3 Å². The second-order valence-electron chi connectivity index (χ2n) is 10.0. The quantitative estimate of drug-likeness (QED) is 0.409. The van der Waals surface area contributed by atoms with Gasteiger partial charge in [-0.05, 0) is 60.7 Å². The Bertz CT molecular complexity index is 984. The van der Waals surface area contributed by atoms with E-state index in [0.29, 0.717) is 18.7 Å². The van der Waals surface area contributed by atoms with Gasteiger partial charge in [-0.25, -0.2) is 0 Å². The van der Waals surface area contributed by atoms with Gasteiger partial charge in [0, 0.05) is 25.2 Å². The van der Waals surface area contributed by atoms with Gasteiger partial charge in [-0.15, -0.1) is 0 Å². The Morgan fingerprint density at radius 1 is 0.829 bits per heavy atom. The lowest BCUT2D eigenvalue weighted by Crippen LogP contribution is -2.37. The van der Waals surface area contributed by atoms with Gasteiger partial charge in [0.1, 0.15) is 0 Å². The zero-order chi connectivity index (χ0) is 26.0. The van der Waals surface area contributed by atoms with Gasteiger partial charge in [-0.3, -0.25) is 4.79 Å². The normalized spacial score (nSPS) is 15.5. The van der Waals surface area contributed by atoms with Crippen LogP contribution in [0.15, 0.2) is 42.5 Å². The van der Waals surface area contributed by atoms with Crippen LogP contribution >= 0.6 is 0 Å². The van der Waals surface area contributed by atoms with E-state index in [4.69, 9.17) is 0 Å². The maximum Gasteiger partial charge on any atom is 0.416 e. The second kappa shape index (κ2) is 10.2. The number of rotatable bonds is 6. The molecule has 0 spiro atoms. The molecular weight excluding hydrogens is 470 g/mol. The highest BCUT2D eigenvalue weighted by Crippen LogP contribution is 2.36. The van der Waals surface area contributed by atoms with Gasteiger partial charge in [0.2, 0.25) is 0 Å². The van der Waals surface area contributed by atoms with Gasteiger partial charge in [0.15, 0.2) is 0 Å². The van der Waals surface area contributed by atoms with Crippen LogP contribution in [0.2, 0.25) is 0 Å². The summed E-state index contributed by atoms with van der Waals surface area (Å²) in [7, 11) is 0. The molecule has 0 saturated carbocycles. The Morgan fingerprint density at radius 3 is 1.80 bits per heavy atom. The first-order chi connectivity index (χ1) is 16.1. The molecule has 1 amide bonds. The van der Waals surface area contributed by atoms with E-state index in [1.54, 1.807) is 0 Å². The SMILES string of the molecule is CC(C)(C)c1ccc(CN(CCN2CCCC2)C(=O)c2cc(C(F)(F)F)cc(C(F)(F)F)c2)cc1. The van der Waals surface area contributed by atoms with Gasteiger partial charge in [-0.1, -0.05) is 45.0 Å². The Balaban J connectivity index is 1.93. The van der Waals surface area contributed by atoms with Crippen molar-refractivity contribution in [3.63, 3.8) is 0 Å². The van der Waals surface area contributed by atoms with Crippen LogP contribution in [0.25, 0.3) is 0 Å². The van der Waals surface area contributed by atoms with Crippen molar-refractivity contribution in [2.45, 2.75) is 57.9 Å². The third-order valence-electron chi connectivity index (χ3n) is 6.20. The molecule has 1 fully saturated rings. The molecule has 3 rings (SSSR count).